The lowest BCUT2D eigenvalue weighted by Gasteiger charge is -2.45. The van der Waals surface area contributed by atoms with Crippen molar-refractivity contribution in [3.8, 4) is 0 Å². The Balaban J connectivity index is 1.79. The van der Waals surface area contributed by atoms with Crippen LogP contribution in [0.25, 0.3) is 0 Å². The second-order valence-electron chi connectivity index (χ2n) is 10.8. The summed E-state index contributed by atoms with van der Waals surface area (Å²) in [5.41, 5.74) is 0.558. The molecule has 0 saturated carbocycles. The monoisotopic (exact) mass is 546 g/mol. The summed E-state index contributed by atoms with van der Waals surface area (Å²) in [7, 11) is 0. The van der Waals surface area contributed by atoms with Gasteiger partial charge in [0.2, 0.25) is 0 Å². The number of allylic oxidation sites excluding steroid dienone is 3. The molecule has 0 aromatic heterocycles. The average molecular weight is 547 g/mol. The van der Waals surface area contributed by atoms with Crippen molar-refractivity contribution in [2.24, 2.45) is 11.3 Å². The van der Waals surface area contributed by atoms with Gasteiger partial charge >= 0.3 is 5.97 Å². The Morgan fingerprint density at radius 1 is 1.08 bits per heavy atom. The Bertz CT molecular complexity index is 917. The number of rotatable bonds is 8. The fraction of sp³-hybridized carbons (Fsp3) is 0.760. The topological polar surface area (TPSA) is 213 Å². The zero-order valence-electron chi connectivity index (χ0n) is 21.7. The van der Waals surface area contributed by atoms with Crippen LogP contribution >= 0.6 is 0 Å². The second kappa shape index (κ2) is 12.2. The van der Waals surface area contributed by atoms with Crippen LogP contribution in [0.1, 0.15) is 34.1 Å². The molecule has 0 radical (unpaired) electrons. The number of hydrogen-bond acceptors (Lipinski definition) is 12. The molecule has 2 aliphatic heterocycles. The Hall–Kier alpha value is -1.78. The predicted octanol–water partition coefficient (Wildman–Crippen LogP) is -1.77. The van der Waals surface area contributed by atoms with Crippen LogP contribution in [-0.4, -0.2) is 122 Å². The van der Waals surface area contributed by atoms with Gasteiger partial charge in [0, 0.05) is 12.3 Å². The summed E-state index contributed by atoms with van der Waals surface area (Å²) in [5, 5.41) is 70.3. The molecule has 0 spiro atoms. The van der Waals surface area contributed by atoms with Crippen molar-refractivity contribution in [3.63, 3.8) is 0 Å². The van der Waals surface area contributed by atoms with Crippen LogP contribution in [-0.2, 0) is 28.5 Å². The first kappa shape index (κ1) is 30.8. The quantitative estimate of drug-likeness (QED) is 0.168. The number of hydrogen-bond donors (Lipinski definition) is 7. The molecule has 13 nitrogen and oxygen atoms in total. The molecular weight excluding hydrogens is 508 g/mol. The number of carbonyl (C=O) groups excluding carboxylic acids is 1. The van der Waals surface area contributed by atoms with Crippen LogP contribution in [0.2, 0.25) is 0 Å². The molecule has 0 amide bonds. The SMILES string of the molecule is CC1=CC(=O)CC(C)(C)C1C=CC(C)OC1OC(CO)C(O)C(O)C1OC1OC(C(=O)O)C(O)C(O)C1O. The van der Waals surface area contributed by atoms with Crippen LogP contribution in [0.5, 0.6) is 0 Å². The zero-order valence-corrected chi connectivity index (χ0v) is 21.7. The standard InChI is InChI=1S/C25H38O13/c1-10-7-12(27)8-25(3,4)13(10)6-5-11(2)35-24-21(17(30)15(28)14(9-26)36-24)38-23-19(32)16(29)18(31)20(37-23)22(33)34/h5-7,11,13-21,23-24,26,28-32H,8-9H2,1-4H3,(H,33,34). The normalized spacial score (nSPS) is 42.6. The van der Waals surface area contributed by atoms with Crippen molar-refractivity contribution >= 4 is 11.8 Å². The van der Waals surface area contributed by atoms with E-state index in [1.165, 1.54) is 0 Å². The summed E-state index contributed by atoms with van der Waals surface area (Å²) < 4.78 is 22.2. The highest BCUT2D eigenvalue weighted by Gasteiger charge is 2.52. The van der Waals surface area contributed by atoms with Gasteiger partial charge in [0.05, 0.1) is 12.7 Å². The van der Waals surface area contributed by atoms with E-state index < -0.39 is 80.1 Å². The highest BCUT2D eigenvalue weighted by atomic mass is 16.8. The fourth-order valence-electron chi connectivity index (χ4n) is 5.14. The molecule has 2 saturated heterocycles. The molecule has 38 heavy (non-hydrogen) atoms. The number of carbonyl (C=O) groups is 2. The van der Waals surface area contributed by atoms with Crippen molar-refractivity contribution in [1.29, 1.82) is 0 Å². The van der Waals surface area contributed by atoms with Gasteiger partial charge in [-0.25, -0.2) is 4.79 Å². The van der Waals surface area contributed by atoms with Crippen LogP contribution in [0, 0.1) is 11.3 Å². The van der Waals surface area contributed by atoms with E-state index in [4.69, 9.17) is 18.9 Å². The first-order valence-electron chi connectivity index (χ1n) is 12.4. The third kappa shape index (κ3) is 6.50. The van der Waals surface area contributed by atoms with Gasteiger partial charge in [-0.1, -0.05) is 31.6 Å². The Morgan fingerprint density at radius 2 is 1.74 bits per heavy atom. The molecule has 12 atom stereocenters. The maximum absolute atomic E-state index is 12.0. The minimum atomic E-state index is -1.95. The van der Waals surface area contributed by atoms with E-state index in [1.807, 2.05) is 26.8 Å². The molecule has 0 bridgehead atoms. The number of carboxylic acids is 1. The minimum absolute atomic E-state index is 0.0505. The number of aliphatic hydroxyl groups excluding tert-OH is 6. The van der Waals surface area contributed by atoms with E-state index in [0.717, 1.165) is 5.57 Å². The van der Waals surface area contributed by atoms with Gasteiger partial charge < -0.3 is 54.7 Å². The maximum Gasteiger partial charge on any atom is 0.335 e. The van der Waals surface area contributed by atoms with Gasteiger partial charge in [0.1, 0.15) is 42.7 Å². The zero-order chi connectivity index (χ0) is 28.5. The summed E-state index contributed by atoms with van der Waals surface area (Å²) in [5.74, 6) is -1.63. The molecule has 12 unspecified atom stereocenters. The van der Waals surface area contributed by atoms with Gasteiger partial charge in [-0.2, -0.15) is 0 Å². The first-order valence-corrected chi connectivity index (χ1v) is 12.4. The van der Waals surface area contributed by atoms with Crippen molar-refractivity contribution < 1.29 is 64.3 Å². The van der Waals surface area contributed by atoms with E-state index in [1.54, 1.807) is 19.1 Å². The van der Waals surface area contributed by atoms with E-state index >= 15 is 0 Å². The van der Waals surface area contributed by atoms with Crippen molar-refractivity contribution in [1.82, 2.24) is 0 Å². The number of carboxylic acid groups (broad SMARTS) is 1. The average Bonchev–Trinajstić information content (AvgIpc) is 2.81. The third-order valence-corrected chi connectivity index (χ3v) is 7.20. The number of aliphatic carboxylic acids is 1. The number of ether oxygens (including phenoxy) is 4. The summed E-state index contributed by atoms with van der Waals surface area (Å²) in [6, 6.07) is 0. The molecule has 216 valence electrons. The molecule has 2 heterocycles. The van der Waals surface area contributed by atoms with Gasteiger partial charge in [-0.05, 0) is 25.3 Å². The lowest BCUT2D eigenvalue weighted by Crippen LogP contribution is -2.65. The lowest BCUT2D eigenvalue weighted by atomic mass is 9.68. The largest absolute Gasteiger partial charge is 0.479 e. The number of aliphatic hydroxyl groups is 6. The predicted molar refractivity (Wildman–Crippen MR) is 127 cm³/mol. The molecule has 7 N–H and O–H groups in total. The third-order valence-electron chi connectivity index (χ3n) is 7.20. The highest BCUT2D eigenvalue weighted by Crippen LogP contribution is 2.40. The fourth-order valence-corrected chi connectivity index (χ4v) is 5.14. The van der Waals surface area contributed by atoms with Crippen LogP contribution < -0.4 is 0 Å². The van der Waals surface area contributed by atoms with E-state index in [-0.39, 0.29) is 17.1 Å². The second-order valence-corrected chi connectivity index (χ2v) is 10.8. The molecule has 3 aliphatic rings. The molecule has 0 aromatic rings. The van der Waals surface area contributed by atoms with Gasteiger partial charge in [0.15, 0.2) is 24.5 Å². The molecule has 2 fully saturated rings. The van der Waals surface area contributed by atoms with Gasteiger partial charge in [-0.3, -0.25) is 4.79 Å². The van der Waals surface area contributed by atoms with Crippen molar-refractivity contribution in [3.05, 3.63) is 23.8 Å². The molecular formula is C25H38O13. The van der Waals surface area contributed by atoms with Gasteiger partial charge in [-0.15, -0.1) is 0 Å². The Morgan fingerprint density at radius 3 is 2.32 bits per heavy atom. The summed E-state index contributed by atoms with van der Waals surface area (Å²) in [4.78, 5) is 23.4. The Labute approximate surface area is 219 Å². The molecule has 0 aromatic carbocycles. The maximum atomic E-state index is 12.0. The molecule has 3 rings (SSSR count). The van der Waals surface area contributed by atoms with Crippen molar-refractivity contribution in [2.45, 2.75) is 102 Å². The summed E-state index contributed by atoms with van der Waals surface area (Å²) in [6.45, 7) is 6.81. The summed E-state index contributed by atoms with van der Waals surface area (Å²) in [6.07, 6.45) is -12.3. The Kier molecular flexibility index (Phi) is 9.85. The smallest absolute Gasteiger partial charge is 0.335 e. The van der Waals surface area contributed by atoms with E-state index in [2.05, 4.69) is 0 Å². The van der Waals surface area contributed by atoms with E-state index in [0.29, 0.717) is 6.42 Å². The van der Waals surface area contributed by atoms with Crippen LogP contribution in [0.4, 0.5) is 0 Å². The molecule has 13 heteroatoms. The minimum Gasteiger partial charge on any atom is -0.479 e. The van der Waals surface area contributed by atoms with Crippen LogP contribution in [0.3, 0.4) is 0 Å². The van der Waals surface area contributed by atoms with Crippen molar-refractivity contribution in [2.75, 3.05) is 6.61 Å². The van der Waals surface area contributed by atoms with E-state index in [9.17, 15) is 45.3 Å². The number of ketones is 1. The summed E-state index contributed by atoms with van der Waals surface area (Å²) >= 11 is 0. The first-order chi connectivity index (χ1) is 17.7. The van der Waals surface area contributed by atoms with Gasteiger partial charge in [0.25, 0.3) is 0 Å². The molecule has 1 aliphatic carbocycles. The lowest BCUT2D eigenvalue weighted by molar-refractivity contribution is -0.366. The van der Waals surface area contributed by atoms with Crippen LogP contribution in [0.15, 0.2) is 23.8 Å². The highest BCUT2D eigenvalue weighted by molar-refractivity contribution is 5.92.